The molecule has 0 heterocycles. The van der Waals surface area contributed by atoms with Crippen LogP contribution in [0.5, 0.6) is 0 Å². The second-order valence-corrected chi connectivity index (χ2v) is 6.74. The van der Waals surface area contributed by atoms with Crippen LogP contribution in [0.4, 0.5) is 0 Å². The Bertz CT molecular complexity index is 922. The fraction of sp³-hybridized carbons (Fsp3) is 0.100. The average Bonchev–Trinajstić information content (AvgIpc) is 2.62. The third kappa shape index (κ3) is 4.25. The molecule has 0 spiro atoms. The topological polar surface area (TPSA) is 72.2 Å². The van der Waals surface area contributed by atoms with E-state index in [4.69, 9.17) is 5.73 Å². The molecule has 0 aliphatic rings. The molecule has 0 fully saturated rings. The molecule has 25 heavy (non-hydrogen) atoms. The summed E-state index contributed by atoms with van der Waals surface area (Å²) < 4.78 is 0.951. The normalized spacial score (nSPS) is 11.9. The Labute approximate surface area is 154 Å². The second kappa shape index (κ2) is 7.49. The van der Waals surface area contributed by atoms with Gasteiger partial charge < -0.3 is 11.1 Å². The van der Waals surface area contributed by atoms with Crippen molar-refractivity contribution in [3.05, 3.63) is 82.3 Å². The molecule has 0 radical (unpaired) electrons. The Morgan fingerprint density at radius 1 is 0.960 bits per heavy atom. The van der Waals surface area contributed by atoms with Gasteiger partial charge in [0.25, 0.3) is 5.91 Å². The van der Waals surface area contributed by atoms with Gasteiger partial charge in [-0.1, -0.05) is 58.4 Å². The van der Waals surface area contributed by atoms with Crippen molar-refractivity contribution >= 4 is 38.5 Å². The maximum absolute atomic E-state index is 12.5. The molecule has 0 saturated carbocycles. The lowest BCUT2D eigenvalue weighted by Gasteiger charge is -2.16. The number of carbonyl (C=O) groups is 2. The standard InChI is InChI=1S/C20H17BrN2O2/c21-17-9-5-13(6-10-17)11-18(19(22)24)23-20(25)16-8-7-14-3-1-2-4-15(14)12-16/h1-10,12,18H,11H2,(H2,22,24)(H,23,25)/t18-/m0/s1. The minimum Gasteiger partial charge on any atom is -0.368 e. The predicted octanol–water partition coefficient (Wildman–Crippen LogP) is 3.43. The Morgan fingerprint density at radius 2 is 1.64 bits per heavy atom. The minimum atomic E-state index is -0.764. The summed E-state index contributed by atoms with van der Waals surface area (Å²) in [7, 11) is 0. The van der Waals surface area contributed by atoms with Gasteiger partial charge in [-0.25, -0.2) is 0 Å². The van der Waals surface area contributed by atoms with Crippen molar-refractivity contribution in [3.8, 4) is 0 Å². The van der Waals surface area contributed by atoms with Crippen LogP contribution in [0, 0.1) is 0 Å². The van der Waals surface area contributed by atoms with E-state index in [1.54, 1.807) is 6.07 Å². The average molecular weight is 397 g/mol. The number of fused-ring (bicyclic) bond motifs is 1. The molecule has 0 aliphatic carbocycles. The maximum Gasteiger partial charge on any atom is 0.251 e. The fourth-order valence-electron chi connectivity index (χ4n) is 2.65. The number of nitrogens with one attached hydrogen (secondary N) is 1. The zero-order valence-electron chi connectivity index (χ0n) is 13.4. The first-order chi connectivity index (χ1) is 12.0. The van der Waals surface area contributed by atoms with E-state index in [9.17, 15) is 9.59 Å². The molecular weight excluding hydrogens is 380 g/mol. The first-order valence-electron chi connectivity index (χ1n) is 7.86. The van der Waals surface area contributed by atoms with E-state index in [1.165, 1.54) is 0 Å². The van der Waals surface area contributed by atoms with Crippen LogP contribution in [-0.4, -0.2) is 17.9 Å². The number of rotatable bonds is 5. The molecule has 0 aromatic heterocycles. The van der Waals surface area contributed by atoms with E-state index in [2.05, 4.69) is 21.2 Å². The number of nitrogens with two attached hydrogens (primary N) is 1. The number of carbonyl (C=O) groups excluding carboxylic acids is 2. The lowest BCUT2D eigenvalue weighted by atomic mass is 10.0. The fourth-order valence-corrected chi connectivity index (χ4v) is 2.92. The van der Waals surface area contributed by atoms with Crippen molar-refractivity contribution in [3.63, 3.8) is 0 Å². The molecule has 126 valence electrons. The number of hydrogen-bond donors (Lipinski definition) is 2. The van der Waals surface area contributed by atoms with Crippen LogP contribution in [0.1, 0.15) is 15.9 Å². The predicted molar refractivity (Wildman–Crippen MR) is 102 cm³/mol. The summed E-state index contributed by atoms with van der Waals surface area (Å²) in [4.78, 5) is 24.3. The Morgan fingerprint density at radius 3 is 2.32 bits per heavy atom. The highest BCUT2D eigenvalue weighted by Crippen LogP contribution is 2.16. The zero-order valence-corrected chi connectivity index (χ0v) is 15.0. The molecule has 3 aromatic rings. The van der Waals surface area contributed by atoms with Crippen molar-refractivity contribution in [2.75, 3.05) is 0 Å². The largest absolute Gasteiger partial charge is 0.368 e. The maximum atomic E-state index is 12.5. The Hall–Kier alpha value is -2.66. The van der Waals surface area contributed by atoms with Gasteiger partial charge in [0.05, 0.1) is 0 Å². The Balaban J connectivity index is 1.77. The second-order valence-electron chi connectivity index (χ2n) is 5.82. The summed E-state index contributed by atoms with van der Waals surface area (Å²) in [6.07, 6.45) is 0.349. The van der Waals surface area contributed by atoms with Crippen molar-refractivity contribution in [1.82, 2.24) is 5.32 Å². The molecule has 3 rings (SSSR count). The van der Waals surface area contributed by atoms with Gasteiger partial charge in [0.15, 0.2) is 0 Å². The van der Waals surface area contributed by atoms with Crippen LogP contribution in [-0.2, 0) is 11.2 Å². The van der Waals surface area contributed by atoms with E-state index in [-0.39, 0.29) is 5.91 Å². The molecule has 1 atom stereocenters. The highest BCUT2D eigenvalue weighted by molar-refractivity contribution is 9.10. The number of primary amides is 1. The van der Waals surface area contributed by atoms with Crippen LogP contribution in [0.25, 0.3) is 10.8 Å². The van der Waals surface area contributed by atoms with Crippen LogP contribution < -0.4 is 11.1 Å². The number of hydrogen-bond acceptors (Lipinski definition) is 2. The summed E-state index contributed by atoms with van der Waals surface area (Å²) in [6.45, 7) is 0. The van der Waals surface area contributed by atoms with Crippen LogP contribution in [0.2, 0.25) is 0 Å². The third-order valence-electron chi connectivity index (χ3n) is 4.01. The number of halogens is 1. The summed E-state index contributed by atoms with van der Waals surface area (Å²) in [5.41, 5.74) is 6.89. The quantitative estimate of drug-likeness (QED) is 0.693. The Kier molecular flexibility index (Phi) is 5.14. The van der Waals surface area contributed by atoms with E-state index in [1.807, 2.05) is 60.7 Å². The lowest BCUT2D eigenvalue weighted by Crippen LogP contribution is -2.45. The molecule has 5 heteroatoms. The summed E-state index contributed by atoms with van der Waals surface area (Å²) in [5.74, 6) is -0.872. The highest BCUT2D eigenvalue weighted by atomic mass is 79.9. The van der Waals surface area contributed by atoms with Gasteiger partial charge in [0.1, 0.15) is 6.04 Å². The lowest BCUT2D eigenvalue weighted by molar-refractivity contribution is -0.119. The number of benzene rings is 3. The van der Waals surface area contributed by atoms with Crippen molar-refractivity contribution in [2.45, 2.75) is 12.5 Å². The molecule has 3 aromatic carbocycles. The molecular formula is C20H17BrN2O2. The molecule has 0 saturated heterocycles. The van der Waals surface area contributed by atoms with Gasteiger partial charge in [0, 0.05) is 16.5 Å². The molecule has 4 nitrogen and oxygen atoms in total. The minimum absolute atomic E-state index is 0.313. The van der Waals surface area contributed by atoms with Gasteiger partial charge in [-0.15, -0.1) is 0 Å². The van der Waals surface area contributed by atoms with Crippen molar-refractivity contribution in [1.29, 1.82) is 0 Å². The van der Waals surface area contributed by atoms with Crippen molar-refractivity contribution < 1.29 is 9.59 Å². The van der Waals surface area contributed by atoms with Gasteiger partial charge in [-0.3, -0.25) is 9.59 Å². The molecule has 0 bridgehead atoms. The first-order valence-corrected chi connectivity index (χ1v) is 8.65. The van der Waals surface area contributed by atoms with E-state index >= 15 is 0 Å². The monoisotopic (exact) mass is 396 g/mol. The summed E-state index contributed by atoms with van der Waals surface area (Å²) in [5, 5.41) is 4.76. The van der Waals surface area contributed by atoms with E-state index in [0.717, 1.165) is 20.8 Å². The summed E-state index contributed by atoms with van der Waals surface area (Å²) in [6, 6.07) is 20.0. The van der Waals surface area contributed by atoms with Gasteiger partial charge >= 0.3 is 0 Å². The van der Waals surface area contributed by atoms with Gasteiger partial charge in [0.2, 0.25) is 5.91 Å². The molecule has 2 amide bonds. The van der Waals surface area contributed by atoms with E-state index < -0.39 is 11.9 Å². The molecule has 0 aliphatic heterocycles. The van der Waals surface area contributed by atoms with Crippen LogP contribution >= 0.6 is 15.9 Å². The van der Waals surface area contributed by atoms with E-state index in [0.29, 0.717) is 12.0 Å². The SMILES string of the molecule is NC(=O)[C@H](Cc1ccc(Br)cc1)NC(=O)c1ccc2ccccc2c1. The van der Waals surface area contributed by atoms with Crippen LogP contribution in [0.3, 0.4) is 0 Å². The molecule has 3 N–H and O–H groups in total. The first kappa shape index (κ1) is 17.2. The number of amides is 2. The summed E-state index contributed by atoms with van der Waals surface area (Å²) >= 11 is 3.37. The third-order valence-corrected chi connectivity index (χ3v) is 4.54. The smallest absolute Gasteiger partial charge is 0.251 e. The van der Waals surface area contributed by atoms with Crippen LogP contribution in [0.15, 0.2) is 71.2 Å². The van der Waals surface area contributed by atoms with Gasteiger partial charge in [-0.05, 0) is 40.6 Å². The zero-order chi connectivity index (χ0) is 17.8. The van der Waals surface area contributed by atoms with Gasteiger partial charge in [-0.2, -0.15) is 0 Å². The molecule has 0 unspecified atom stereocenters. The van der Waals surface area contributed by atoms with Crippen molar-refractivity contribution in [2.24, 2.45) is 5.73 Å². The highest BCUT2D eigenvalue weighted by Gasteiger charge is 2.19.